The Bertz CT molecular complexity index is 957. The lowest BCUT2D eigenvalue weighted by Gasteiger charge is -2.28. The average molecular weight is 525 g/mol. The van der Waals surface area contributed by atoms with Crippen LogP contribution in [0, 0.1) is 23.7 Å². The van der Waals surface area contributed by atoms with Crippen molar-refractivity contribution in [1.29, 1.82) is 0 Å². The Kier molecular flexibility index (Phi) is 15.8. The zero-order valence-corrected chi connectivity index (χ0v) is 25.4. The van der Waals surface area contributed by atoms with Gasteiger partial charge in [-0.2, -0.15) is 0 Å². The van der Waals surface area contributed by atoms with Gasteiger partial charge in [0, 0.05) is 11.1 Å². The van der Waals surface area contributed by atoms with Crippen molar-refractivity contribution in [2.24, 2.45) is 11.8 Å². The molecule has 1 saturated carbocycles. The Balaban J connectivity index is 1.29. The van der Waals surface area contributed by atoms with Crippen molar-refractivity contribution in [3.63, 3.8) is 0 Å². The van der Waals surface area contributed by atoms with Gasteiger partial charge in [-0.25, -0.2) is 0 Å². The van der Waals surface area contributed by atoms with Crippen LogP contribution in [-0.2, 0) is 6.42 Å². The molecule has 0 heterocycles. The number of allylic oxidation sites excluding steroid dienone is 1. The summed E-state index contributed by atoms with van der Waals surface area (Å²) in [5, 5.41) is 0. The number of unbranched alkanes of at least 4 members (excludes halogenated alkanes) is 10. The summed E-state index contributed by atoms with van der Waals surface area (Å²) >= 11 is 0. The lowest BCUT2D eigenvalue weighted by molar-refractivity contribution is 0.248. The molecule has 2 aromatic rings. The van der Waals surface area contributed by atoms with E-state index in [4.69, 9.17) is 0 Å². The third kappa shape index (κ3) is 13.6. The first-order chi connectivity index (χ1) is 19.3. The van der Waals surface area contributed by atoms with Crippen LogP contribution in [0.5, 0.6) is 0 Å². The maximum atomic E-state index is 3.35. The molecule has 0 radical (unpaired) electrons. The molecule has 1 fully saturated rings. The van der Waals surface area contributed by atoms with Gasteiger partial charge in [0.2, 0.25) is 0 Å². The van der Waals surface area contributed by atoms with Gasteiger partial charge in [-0.1, -0.05) is 158 Å². The molecule has 212 valence electrons. The standard InChI is InChI=1S/C39H56/c1-3-5-7-9-10-11-13-15-17-35-20-24-37(25-21-35)27-29-39-32-30-38(31-33-39)28-26-36-22-18-34(19-23-36)16-14-12-8-6-4-2/h14,16,18-19,22-23,30-33,35,37H,3-13,15,17,20-21,24-25,27,29H2,1-2H3/b16-14+. The molecule has 0 atom stereocenters. The van der Waals surface area contributed by atoms with E-state index in [1.165, 1.54) is 133 Å². The number of rotatable bonds is 17. The van der Waals surface area contributed by atoms with Gasteiger partial charge in [0.1, 0.15) is 0 Å². The molecular weight excluding hydrogens is 468 g/mol. The van der Waals surface area contributed by atoms with Gasteiger partial charge in [0.25, 0.3) is 0 Å². The molecule has 0 saturated heterocycles. The Morgan fingerprint density at radius 2 is 1.10 bits per heavy atom. The van der Waals surface area contributed by atoms with E-state index in [0.29, 0.717) is 0 Å². The number of aryl methyl sites for hydroxylation is 1. The Labute approximate surface area is 242 Å². The number of benzene rings is 2. The van der Waals surface area contributed by atoms with Crippen LogP contribution in [0.15, 0.2) is 54.6 Å². The molecule has 0 bridgehead atoms. The molecule has 39 heavy (non-hydrogen) atoms. The molecule has 0 N–H and O–H groups in total. The predicted octanol–water partition coefficient (Wildman–Crippen LogP) is 11.9. The first-order valence-electron chi connectivity index (χ1n) is 16.6. The number of hydrogen-bond acceptors (Lipinski definition) is 0. The van der Waals surface area contributed by atoms with Crippen LogP contribution in [0.1, 0.15) is 152 Å². The second kappa shape index (κ2) is 19.7. The highest BCUT2D eigenvalue weighted by Gasteiger charge is 2.20. The normalized spacial score (nSPS) is 17.3. The molecular formula is C39H56. The van der Waals surface area contributed by atoms with Gasteiger partial charge in [0.05, 0.1) is 0 Å². The van der Waals surface area contributed by atoms with Crippen LogP contribution in [0.25, 0.3) is 6.08 Å². The average Bonchev–Trinajstić information content (AvgIpc) is 2.98. The molecule has 0 unspecified atom stereocenters. The van der Waals surface area contributed by atoms with Crippen LogP contribution < -0.4 is 0 Å². The highest BCUT2D eigenvalue weighted by atomic mass is 14.3. The molecule has 0 aliphatic heterocycles. The van der Waals surface area contributed by atoms with Crippen molar-refractivity contribution in [1.82, 2.24) is 0 Å². The van der Waals surface area contributed by atoms with E-state index in [-0.39, 0.29) is 0 Å². The van der Waals surface area contributed by atoms with E-state index in [9.17, 15) is 0 Å². The first-order valence-corrected chi connectivity index (χ1v) is 16.6. The molecule has 1 aliphatic carbocycles. The van der Waals surface area contributed by atoms with Gasteiger partial charge < -0.3 is 0 Å². The van der Waals surface area contributed by atoms with Crippen LogP contribution in [0.3, 0.4) is 0 Å². The van der Waals surface area contributed by atoms with Crippen molar-refractivity contribution >= 4 is 6.08 Å². The smallest absolute Gasteiger partial charge is 0.0249 e. The fourth-order valence-corrected chi connectivity index (χ4v) is 6.05. The second-order valence-corrected chi connectivity index (χ2v) is 12.2. The SMILES string of the molecule is CCCCC/C=C/c1ccc(C#Cc2ccc(CCC3CCC(CCCCCCCCCC)CC3)cc2)cc1. The summed E-state index contributed by atoms with van der Waals surface area (Å²) in [4.78, 5) is 0. The minimum absolute atomic E-state index is 0.938. The van der Waals surface area contributed by atoms with Gasteiger partial charge in [-0.05, 0) is 72.9 Å². The minimum Gasteiger partial charge on any atom is -0.0839 e. The van der Waals surface area contributed by atoms with Crippen LogP contribution in [0.2, 0.25) is 0 Å². The molecule has 0 heteroatoms. The third-order valence-electron chi connectivity index (χ3n) is 8.77. The van der Waals surface area contributed by atoms with Gasteiger partial charge >= 0.3 is 0 Å². The predicted molar refractivity (Wildman–Crippen MR) is 173 cm³/mol. The topological polar surface area (TPSA) is 0 Å². The molecule has 2 aromatic carbocycles. The van der Waals surface area contributed by atoms with E-state index in [0.717, 1.165) is 23.0 Å². The van der Waals surface area contributed by atoms with Crippen LogP contribution in [-0.4, -0.2) is 0 Å². The Morgan fingerprint density at radius 3 is 1.72 bits per heavy atom. The number of hydrogen-bond donors (Lipinski definition) is 0. The fraction of sp³-hybridized carbons (Fsp3) is 0.590. The maximum Gasteiger partial charge on any atom is 0.0249 e. The fourth-order valence-electron chi connectivity index (χ4n) is 6.05. The summed E-state index contributed by atoms with van der Waals surface area (Å²) in [6.07, 6.45) is 31.1. The second-order valence-electron chi connectivity index (χ2n) is 12.2. The van der Waals surface area contributed by atoms with E-state index in [1.54, 1.807) is 0 Å². The summed E-state index contributed by atoms with van der Waals surface area (Å²) in [7, 11) is 0. The largest absolute Gasteiger partial charge is 0.0839 e. The van der Waals surface area contributed by atoms with E-state index in [2.05, 4.69) is 86.4 Å². The van der Waals surface area contributed by atoms with Crippen molar-refractivity contribution in [2.75, 3.05) is 0 Å². The van der Waals surface area contributed by atoms with Crippen molar-refractivity contribution in [3.05, 3.63) is 76.9 Å². The van der Waals surface area contributed by atoms with Crippen LogP contribution >= 0.6 is 0 Å². The van der Waals surface area contributed by atoms with Crippen molar-refractivity contribution < 1.29 is 0 Å². The van der Waals surface area contributed by atoms with E-state index < -0.39 is 0 Å². The molecule has 0 aromatic heterocycles. The lowest BCUT2D eigenvalue weighted by atomic mass is 9.77. The monoisotopic (exact) mass is 524 g/mol. The van der Waals surface area contributed by atoms with Crippen LogP contribution in [0.4, 0.5) is 0 Å². The summed E-state index contributed by atoms with van der Waals surface area (Å²) in [5.41, 5.74) is 4.93. The molecule has 3 rings (SSSR count). The molecule has 0 spiro atoms. The summed E-state index contributed by atoms with van der Waals surface area (Å²) in [6, 6.07) is 17.6. The summed E-state index contributed by atoms with van der Waals surface area (Å²) < 4.78 is 0. The van der Waals surface area contributed by atoms with E-state index >= 15 is 0 Å². The van der Waals surface area contributed by atoms with Gasteiger partial charge in [-0.15, -0.1) is 0 Å². The highest BCUT2D eigenvalue weighted by molar-refractivity contribution is 5.52. The summed E-state index contributed by atoms with van der Waals surface area (Å²) in [5.74, 6) is 8.64. The van der Waals surface area contributed by atoms with E-state index in [1.807, 2.05) is 0 Å². The van der Waals surface area contributed by atoms with Crippen molar-refractivity contribution in [2.45, 2.75) is 136 Å². The van der Waals surface area contributed by atoms with Crippen molar-refractivity contribution in [3.8, 4) is 11.8 Å². The summed E-state index contributed by atoms with van der Waals surface area (Å²) in [6.45, 7) is 4.56. The zero-order chi connectivity index (χ0) is 27.4. The maximum absolute atomic E-state index is 3.35. The zero-order valence-electron chi connectivity index (χ0n) is 25.4. The minimum atomic E-state index is 0.938. The quantitative estimate of drug-likeness (QED) is 0.143. The van der Waals surface area contributed by atoms with Gasteiger partial charge in [0.15, 0.2) is 0 Å². The molecule has 1 aliphatic rings. The Hall–Kier alpha value is -2.26. The third-order valence-corrected chi connectivity index (χ3v) is 8.77. The highest BCUT2D eigenvalue weighted by Crippen LogP contribution is 2.34. The molecule has 0 nitrogen and oxygen atoms in total. The first kappa shape index (κ1) is 31.3. The van der Waals surface area contributed by atoms with Gasteiger partial charge in [-0.3, -0.25) is 0 Å². The molecule has 0 amide bonds. The Morgan fingerprint density at radius 1 is 0.590 bits per heavy atom. The lowest BCUT2D eigenvalue weighted by Crippen LogP contribution is -2.15.